The average molecular weight is 755 g/mol. The summed E-state index contributed by atoms with van der Waals surface area (Å²) in [6.45, 7) is 30.7. The van der Waals surface area contributed by atoms with Crippen LogP contribution < -0.4 is 0 Å². The molecule has 0 aromatic heterocycles. The molecule has 51 heavy (non-hydrogen) atoms. The molecule has 2 aromatic carbocycles. The van der Waals surface area contributed by atoms with Gasteiger partial charge in [0.2, 0.25) is 0 Å². The normalized spacial score (nSPS) is 14.9. The molecule has 0 saturated carbocycles. The van der Waals surface area contributed by atoms with E-state index in [1.165, 1.54) is 0 Å². The van der Waals surface area contributed by atoms with Crippen LogP contribution in [0.15, 0.2) is 58.3 Å². The summed E-state index contributed by atoms with van der Waals surface area (Å²) in [4.78, 5) is 0.274. The fourth-order valence-corrected chi connectivity index (χ4v) is 7.45. The minimum atomic E-state index is -3.92. The van der Waals surface area contributed by atoms with Gasteiger partial charge in [0.05, 0.1) is 58.1 Å². The molecule has 0 aliphatic rings. The van der Waals surface area contributed by atoms with Crippen molar-refractivity contribution in [3.8, 4) is 0 Å². The number of ether oxygens (including phenoxy) is 3. The van der Waals surface area contributed by atoms with Crippen molar-refractivity contribution >= 4 is 20.2 Å². The van der Waals surface area contributed by atoms with Crippen molar-refractivity contribution in [2.45, 2.75) is 161 Å². The first-order valence-corrected chi connectivity index (χ1v) is 20.7. The van der Waals surface area contributed by atoms with Crippen LogP contribution in [0, 0.1) is 24.7 Å². The van der Waals surface area contributed by atoms with E-state index in [0.717, 1.165) is 11.1 Å². The SMILES string of the molecule is Cc1ccc(S(=O)(=O)OCCC(C)(C)OCC(C)(C)C(C)(C)OC(C)CC(C)(C)C(C)(C)OCCC(C)(C)OS(=O)(=O)c2ccc(C)cc2)cc1. The Kier molecular flexibility index (Phi) is 14.8. The summed E-state index contributed by atoms with van der Waals surface area (Å²) in [6, 6.07) is 13.2. The molecular weight excluding hydrogens is 689 g/mol. The van der Waals surface area contributed by atoms with Crippen LogP contribution >= 0.6 is 0 Å². The molecule has 0 spiro atoms. The van der Waals surface area contributed by atoms with Crippen molar-refractivity contribution in [3.63, 3.8) is 0 Å². The molecule has 11 heteroatoms. The minimum absolute atomic E-state index is 0.00452. The number of aryl methyl sites for hydroxylation is 2. The van der Waals surface area contributed by atoms with Gasteiger partial charge in [0.15, 0.2) is 0 Å². The molecule has 0 N–H and O–H groups in total. The lowest BCUT2D eigenvalue weighted by atomic mass is 9.72. The van der Waals surface area contributed by atoms with Gasteiger partial charge < -0.3 is 14.2 Å². The third-order valence-electron chi connectivity index (χ3n) is 10.4. The number of benzene rings is 2. The van der Waals surface area contributed by atoms with Gasteiger partial charge in [-0.05, 0) is 112 Å². The Morgan fingerprint density at radius 3 is 1.51 bits per heavy atom. The van der Waals surface area contributed by atoms with Crippen LogP contribution in [-0.4, -0.2) is 65.2 Å². The molecule has 0 bridgehead atoms. The molecule has 0 aliphatic heterocycles. The maximum absolute atomic E-state index is 12.9. The fourth-order valence-electron chi connectivity index (χ4n) is 5.30. The maximum Gasteiger partial charge on any atom is 0.297 e. The Labute approximate surface area is 310 Å². The predicted molar refractivity (Wildman–Crippen MR) is 204 cm³/mol. The molecule has 0 fully saturated rings. The van der Waals surface area contributed by atoms with Crippen LogP contribution in [0.4, 0.5) is 0 Å². The van der Waals surface area contributed by atoms with E-state index in [4.69, 9.17) is 22.6 Å². The average Bonchev–Trinajstić information content (AvgIpc) is 2.95. The van der Waals surface area contributed by atoms with Crippen LogP contribution in [0.25, 0.3) is 0 Å². The molecule has 2 rings (SSSR count). The van der Waals surface area contributed by atoms with Crippen molar-refractivity contribution in [1.29, 1.82) is 0 Å². The summed E-state index contributed by atoms with van der Waals surface area (Å²) in [5.74, 6) is 0. The van der Waals surface area contributed by atoms with E-state index < -0.39 is 48.1 Å². The Hall–Kier alpha value is -1.86. The van der Waals surface area contributed by atoms with Gasteiger partial charge in [-0.25, -0.2) is 0 Å². The van der Waals surface area contributed by atoms with Gasteiger partial charge in [0, 0.05) is 18.3 Å². The van der Waals surface area contributed by atoms with Crippen LogP contribution in [0.2, 0.25) is 0 Å². The van der Waals surface area contributed by atoms with Crippen molar-refractivity contribution in [2.24, 2.45) is 10.8 Å². The first-order chi connectivity index (χ1) is 22.9. The molecule has 9 nitrogen and oxygen atoms in total. The van der Waals surface area contributed by atoms with E-state index >= 15 is 0 Å². The summed E-state index contributed by atoms with van der Waals surface area (Å²) < 4.78 is 81.5. The second kappa shape index (κ2) is 16.7. The third-order valence-corrected chi connectivity index (χ3v) is 13.3. The predicted octanol–water partition coefficient (Wildman–Crippen LogP) is 9.19. The highest BCUT2D eigenvalue weighted by Crippen LogP contribution is 2.42. The van der Waals surface area contributed by atoms with Gasteiger partial charge in [-0.15, -0.1) is 0 Å². The zero-order chi connectivity index (χ0) is 39.3. The summed E-state index contributed by atoms with van der Waals surface area (Å²) in [5, 5.41) is 0. The topological polar surface area (TPSA) is 114 Å². The van der Waals surface area contributed by atoms with E-state index in [-0.39, 0.29) is 27.9 Å². The zero-order valence-electron chi connectivity index (χ0n) is 33.9. The Balaban J connectivity index is 1.92. The zero-order valence-corrected chi connectivity index (χ0v) is 35.6. The van der Waals surface area contributed by atoms with Crippen molar-refractivity contribution in [2.75, 3.05) is 19.8 Å². The molecule has 292 valence electrons. The van der Waals surface area contributed by atoms with Gasteiger partial charge >= 0.3 is 0 Å². The molecule has 0 amide bonds. The van der Waals surface area contributed by atoms with E-state index in [1.54, 1.807) is 62.4 Å². The maximum atomic E-state index is 12.9. The van der Waals surface area contributed by atoms with Gasteiger partial charge in [-0.1, -0.05) is 63.1 Å². The molecule has 0 aliphatic carbocycles. The highest BCUT2D eigenvalue weighted by molar-refractivity contribution is 7.87. The van der Waals surface area contributed by atoms with Gasteiger partial charge in [-0.3, -0.25) is 8.37 Å². The Bertz CT molecular complexity index is 1620. The van der Waals surface area contributed by atoms with E-state index in [9.17, 15) is 16.8 Å². The van der Waals surface area contributed by atoms with Crippen molar-refractivity contribution in [3.05, 3.63) is 59.7 Å². The largest absolute Gasteiger partial charge is 0.375 e. The van der Waals surface area contributed by atoms with Crippen LogP contribution in [0.1, 0.15) is 120 Å². The van der Waals surface area contributed by atoms with Crippen LogP contribution in [0.3, 0.4) is 0 Å². The van der Waals surface area contributed by atoms with Crippen molar-refractivity contribution < 1.29 is 39.4 Å². The molecule has 2 aromatic rings. The van der Waals surface area contributed by atoms with Crippen molar-refractivity contribution in [1.82, 2.24) is 0 Å². The van der Waals surface area contributed by atoms with E-state index in [0.29, 0.717) is 32.5 Å². The lowest BCUT2D eigenvalue weighted by molar-refractivity contribution is -0.185. The highest BCUT2D eigenvalue weighted by atomic mass is 32.2. The minimum Gasteiger partial charge on any atom is -0.375 e. The highest BCUT2D eigenvalue weighted by Gasteiger charge is 2.44. The second-order valence-electron chi connectivity index (χ2n) is 17.5. The molecule has 1 atom stereocenters. The second-order valence-corrected chi connectivity index (χ2v) is 20.7. The lowest BCUT2D eigenvalue weighted by Crippen LogP contribution is -2.50. The molecule has 1 unspecified atom stereocenters. The first kappa shape index (κ1) is 45.3. The summed E-state index contributed by atoms with van der Waals surface area (Å²) >= 11 is 0. The molecule has 0 heterocycles. The van der Waals surface area contributed by atoms with E-state index in [1.807, 2.05) is 27.7 Å². The van der Waals surface area contributed by atoms with Crippen LogP contribution in [-0.2, 0) is 42.8 Å². The lowest BCUT2D eigenvalue weighted by Gasteiger charge is -2.47. The summed E-state index contributed by atoms with van der Waals surface area (Å²) in [6.07, 6.45) is 1.36. The standard InChI is InChI=1S/C40H66O9S2/c1-30-16-20-33(21-17-30)50(41,42)47-27-25-37(8,9)46-29-36(6,7)40(14,15)48-32(3)28-35(4,5)39(12,13)45-26-24-38(10,11)49-51(43,44)34-22-18-31(2)19-23-34/h16-23,32H,24-29H2,1-15H3. The Morgan fingerprint density at radius 2 is 1.02 bits per heavy atom. The van der Waals surface area contributed by atoms with Gasteiger partial charge in [0.25, 0.3) is 20.2 Å². The quantitative estimate of drug-likeness (QED) is 0.115. The number of hydrogen-bond acceptors (Lipinski definition) is 9. The first-order valence-electron chi connectivity index (χ1n) is 17.9. The molecule has 0 radical (unpaired) electrons. The van der Waals surface area contributed by atoms with Crippen LogP contribution in [0.5, 0.6) is 0 Å². The third kappa shape index (κ3) is 13.5. The monoisotopic (exact) mass is 754 g/mol. The number of rotatable bonds is 21. The summed E-state index contributed by atoms with van der Waals surface area (Å²) in [7, 11) is -7.76. The molecule has 0 saturated heterocycles. The van der Waals surface area contributed by atoms with E-state index in [2.05, 4.69) is 62.3 Å². The smallest absolute Gasteiger partial charge is 0.297 e. The summed E-state index contributed by atoms with van der Waals surface area (Å²) in [5.41, 5.74) is -1.47. The number of hydrogen-bond donors (Lipinski definition) is 0. The molecular formula is C40H66O9S2. The van der Waals surface area contributed by atoms with Gasteiger partial charge in [0.1, 0.15) is 0 Å². The fraction of sp³-hybridized carbons (Fsp3) is 0.700. The Morgan fingerprint density at radius 1 is 0.569 bits per heavy atom. The van der Waals surface area contributed by atoms with Gasteiger partial charge in [-0.2, -0.15) is 16.8 Å².